The molecule has 1 unspecified atom stereocenters. The summed E-state index contributed by atoms with van der Waals surface area (Å²) in [6.45, 7) is 0. The molecule has 0 saturated heterocycles. The molecule has 0 aliphatic heterocycles. The average Bonchev–Trinajstić information content (AvgIpc) is 2.35. The van der Waals surface area contributed by atoms with Gasteiger partial charge in [0.15, 0.2) is 5.85 Å². The molecule has 1 aromatic carbocycles. The second-order valence-electron chi connectivity index (χ2n) is 3.40. The van der Waals surface area contributed by atoms with E-state index in [0.29, 0.717) is 5.02 Å². The fourth-order valence-electron chi connectivity index (χ4n) is 1.32. The van der Waals surface area contributed by atoms with E-state index in [0.717, 1.165) is 14.2 Å². The van der Waals surface area contributed by atoms with Gasteiger partial charge in [-0.3, -0.25) is 9.09 Å². The third kappa shape index (κ3) is 4.67. The fourth-order valence-corrected chi connectivity index (χ4v) is 3.73. The lowest BCUT2D eigenvalue weighted by Crippen LogP contribution is -2.07. The zero-order chi connectivity index (χ0) is 14.7. The Morgan fingerprint density at radius 2 is 1.58 bits per heavy atom. The minimum absolute atomic E-state index is 0.208. The molecule has 0 aromatic heterocycles. The highest BCUT2D eigenvalue weighted by atomic mass is 35.5. The van der Waals surface area contributed by atoms with Gasteiger partial charge in [0.05, 0.1) is 0 Å². The summed E-state index contributed by atoms with van der Waals surface area (Å²) in [5, 5.41) is 0.406. The molecule has 0 radical (unpaired) electrons. The molecule has 0 heterocycles. The molecule has 108 valence electrons. The Hall–Kier alpha value is -0.230. The van der Waals surface area contributed by atoms with E-state index in [2.05, 4.69) is 4.52 Å². The van der Waals surface area contributed by atoms with Crippen LogP contribution in [0.15, 0.2) is 24.3 Å². The first-order valence-electron chi connectivity index (χ1n) is 4.92. The third-order valence-corrected chi connectivity index (χ3v) is 5.09. The standard InChI is InChI=1S/C9H13ClO7P2/c1-15-18(11,16-2)9(17-19(12,13)14)7-3-5-8(10)6-4-7/h3-6,9H,1-2H3,(H2,12,13,14). The smallest absolute Gasteiger partial charge is 0.310 e. The summed E-state index contributed by atoms with van der Waals surface area (Å²) in [6, 6.07) is 5.74. The van der Waals surface area contributed by atoms with Gasteiger partial charge in [-0.05, 0) is 17.7 Å². The van der Waals surface area contributed by atoms with E-state index in [1.807, 2.05) is 0 Å². The Morgan fingerprint density at radius 3 is 1.95 bits per heavy atom. The van der Waals surface area contributed by atoms with Crippen LogP contribution in [0.2, 0.25) is 5.02 Å². The lowest BCUT2D eigenvalue weighted by molar-refractivity contribution is 0.143. The lowest BCUT2D eigenvalue weighted by atomic mass is 10.2. The highest BCUT2D eigenvalue weighted by Gasteiger charge is 2.41. The van der Waals surface area contributed by atoms with Gasteiger partial charge >= 0.3 is 15.4 Å². The largest absolute Gasteiger partial charge is 0.470 e. The highest BCUT2D eigenvalue weighted by Crippen LogP contribution is 2.64. The van der Waals surface area contributed by atoms with Crippen molar-refractivity contribution < 1.29 is 32.5 Å². The number of phosphoric ester groups is 1. The molecule has 1 aromatic rings. The molecular weight excluding hydrogens is 317 g/mol. The van der Waals surface area contributed by atoms with Crippen LogP contribution in [0.3, 0.4) is 0 Å². The predicted octanol–water partition coefficient (Wildman–Crippen LogP) is 2.93. The molecule has 0 aliphatic rings. The van der Waals surface area contributed by atoms with E-state index < -0.39 is 21.3 Å². The van der Waals surface area contributed by atoms with Gasteiger partial charge in [0.2, 0.25) is 0 Å². The van der Waals surface area contributed by atoms with E-state index in [4.69, 9.17) is 30.4 Å². The molecule has 10 heteroatoms. The van der Waals surface area contributed by atoms with Crippen molar-refractivity contribution in [2.45, 2.75) is 5.85 Å². The van der Waals surface area contributed by atoms with Gasteiger partial charge in [-0.1, -0.05) is 23.7 Å². The first-order chi connectivity index (χ1) is 8.72. The van der Waals surface area contributed by atoms with Crippen molar-refractivity contribution >= 4 is 27.0 Å². The van der Waals surface area contributed by atoms with Crippen molar-refractivity contribution in [2.75, 3.05) is 14.2 Å². The SMILES string of the molecule is COP(=O)(OC)C(OP(=O)(O)O)c1ccc(Cl)cc1. The van der Waals surface area contributed by atoms with E-state index in [1.165, 1.54) is 24.3 Å². The molecule has 0 spiro atoms. The predicted molar refractivity (Wildman–Crippen MR) is 68.9 cm³/mol. The van der Waals surface area contributed by atoms with Crippen LogP contribution in [0.4, 0.5) is 0 Å². The van der Waals surface area contributed by atoms with E-state index >= 15 is 0 Å². The molecule has 2 N–H and O–H groups in total. The third-order valence-electron chi connectivity index (χ3n) is 2.19. The van der Waals surface area contributed by atoms with Gasteiger partial charge in [0.1, 0.15) is 0 Å². The number of phosphoric acid groups is 1. The van der Waals surface area contributed by atoms with Gasteiger partial charge in [0.25, 0.3) is 0 Å². The average molecular weight is 331 g/mol. The monoisotopic (exact) mass is 330 g/mol. The molecule has 19 heavy (non-hydrogen) atoms. The minimum Gasteiger partial charge on any atom is -0.310 e. The van der Waals surface area contributed by atoms with Crippen molar-refractivity contribution in [1.82, 2.24) is 0 Å². The van der Waals surface area contributed by atoms with E-state index in [9.17, 15) is 9.13 Å². The topological polar surface area (TPSA) is 102 Å². The van der Waals surface area contributed by atoms with Crippen LogP contribution in [-0.2, 0) is 22.7 Å². The van der Waals surface area contributed by atoms with Crippen LogP contribution < -0.4 is 0 Å². The Morgan fingerprint density at radius 1 is 1.11 bits per heavy atom. The first kappa shape index (κ1) is 16.8. The molecular formula is C9H13ClO7P2. The molecule has 1 atom stereocenters. The zero-order valence-corrected chi connectivity index (χ0v) is 12.6. The van der Waals surface area contributed by atoms with Crippen molar-refractivity contribution in [1.29, 1.82) is 0 Å². The molecule has 1 rings (SSSR count). The quantitative estimate of drug-likeness (QED) is 0.773. The van der Waals surface area contributed by atoms with Crippen molar-refractivity contribution in [3.8, 4) is 0 Å². The number of benzene rings is 1. The summed E-state index contributed by atoms with van der Waals surface area (Å²) in [5.74, 6) is -1.56. The summed E-state index contributed by atoms with van der Waals surface area (Å²) >= 11 is 5.71. The molecule has 0 bridgehead atoms. The number of halogens is 1. The van der Waals surface area contributed by atoms with Crippen molar-refractivity contribution in [3.05, 3.63) is 34.9 Å². The van der Waals surface area contributed by atoms with Gasteiger partial charge in [-0.2, -0.15) is 0 Å². The number of rotatable bonds is 6. The minimum atomic E-state index is -4.89. The van der Waals surface area contributed by atoms with Gasteiger partial charge < -0.3 is 18.8 Å². The van der Waals surface area contributed by atoms with Crippen LogP contribution in [0.1, 0.15) is 11.4 Å². The molecule has 7 nitrogen and oxygen atoms in total. The van der Waals surface area contributed by atoms with Gasteiger partial charge in [-0.25, -0.2) is 4.57 Å². The van der Waals surface area contributed by atoms with Gasteiger partial charge in [-0.15, -0.1) is 0 Å². The van der Waals surface area contributed by atoms with Crippen LogP contribution >= 0.6 is 27.0 Å². The Kier molecular flexibility index (Phi) is 5.74. The van der Waals surface area contributed by atoms with E-state index in [-0.39, 0.29) is 5.56 Å². The molecule has 0 saturated carbocycles. The number of hydrogen-bond acceptors (Lipinski definition) is 5. The molecule has 0 aliphatic carbocycles. The highest BCUT2D eigenvalue weighted by molar-refractivity contribution is 7.55. The second kappa shape index (κ2) is 6.48. The van der Waals surface area contributed by atoms with E-state index in [1.54, 1.807) is 0 Å². The summed E-state index contributed by atoms with van der Waals surface area (Å²) in [6.07, 6.45) is 0. The fraction of sp³-hybridized carbons (Fsp3) is 0.333. The first-order valence-corrected chi connectivity index (χ1v) is 8.44. The summed E-state index contributed by atoms with van der Waals surface area (Å²) in [4.78, 5) is 17.8. The summed E-state index contributed by atoms with van der Waals surface area (Å²) < 4.78 is 37.2. The molecule has 0 fully saturated rings. The van der Waals surface area contributed by atoms with Gasteiger partial charge in [0, 0.05) is 19.2 Å². The summed E-state index contributed by atoms with van der Waals surface area (Å²) in [5.41, 5.74) is 0.208. The maximum Gasteiger partial charge on any atom is 0.470 e. The summed E-state index contributed by atoms with van der Waals surface area (Å²) in [7, 11) is -6.58. The zero-order valence-electron chi connectivity index (χ0n) is 10.1. The Bertz CT molecular complexity index is 504. The van der Waals surface area contributed by atoms with Crippen molar-refractivity contribution in [3.63, 3.8) is 0 Å². The van der Waals surface area contributed by atoms with Crippen molar-refractivity contribution in [2.24, 2.45) is 0 Å². The van der Waals surface area contributed by atoms with Crippen LogP contribution in [0.25, 0.3) is 0 Å². The Labute approximate surface area is 115 Å². The maximum atomic E-state index is 12.3. The maximum absolute atomic E-state index is 12.3. The second-order valence-corrected chi connectivity index (χ2v) is 7.31. The lowest BCUT2D eigenvalue weighted by Gasteiger charge is -2.24. The number of hydrogen-bond donors (Lipinski definition) is 2. The normalized spacial score (nSPS) is 14.4. The van der Waals surface area contributed by atoms with Crippen LogP contribution in [-0.4, -0.2) is 24.0 Å². The van der Waals surface area contributed by atoms with Crippen LogP contribution in [0, 0.1) is 0 Å². The van der Waals surface area contributed by atoms with Crippen LogP contribution in [0.5, 0.6) is 0 Å². The molecule has 0 amide bonds. The Balaban J connectivity index is 3.23.